The highest BCUT2D eigenvalue weighted by Gasteiger charge is 2.24. The lowest BCUT2D eigenvalue weighted by Crippen LogP contribution is -2.23. The number of nitro groups is 5. The number of aliphatic hydroxyl groups excluding tert-OH is 1. The van der Waals surface area contributed by atoms with Gasteiger partial charge in [-0.2, -0.15) is 5.10 Å². The molecule has 0 bridgehead atoms. The molecule has 63 heteroatoms. The van der Waals surface area contributed by atoms with Gasteiger partial charge in [0.1, 0.15) is 63.5 Å². The summed E-state index contributed by atoms with van der Waals surface area (Å²) in [5.41, 5.74) is 18.9. The Hall–Kier alpha value is -12.7. The average Bonchev–Trinajstić information content (AvgIpc) is 1.65. The summed E-state index contributed by atoms with van der Waals surface area (Å²) >= 11 is 47.3. The van der Waals surface area contributed by atoms with E-state index in [4.69, 9.17) is 156 Å². The van der Waals surface area contributed by atoms with Gasteiger partial charge in [0.15, 0.2) is 47.2 Å². The number of nitrogens with two attached hydrogens (primary N) is 4. The fourth-order valence-electron chi connectivity index (χ4n) is 9.09. The number of unbranched alkanes of at least 4 members (excludes halogenated alkanes) is 4. The lowest BCUT2D eigenvalue weighted by molar-refractivity contribution is -0.386. The Morgan fingerprint density at radius 3 is 1.29 bits per heavy atom. The number of anilines is 3. The molecule has 0 aliphatic carbocycles. The van der Waals surface area contributed by atoms with E-state index in [2.05, 4.69) is 126 Å². The number of imidazole rings is 1. The molecular weight excluding hydrogens is 2360 g/mol. The van der Waals surface area contributed by atoms with Crippen molar-refractivity contribution < 1.29 is 120 Å². The summed E-state index contributed by atoms with van der Waals surface area (Å²) in [7, 11) is 5.72. The second kappa shape index (κ2) is 76.8. The first kappa shape index (κ1) is 141. The van der Waals surface area contributed by atoms with Gasteiger partial charge in [0.05, 0.1) is 168 Å². The van der Waals surface area contributed by atoms with Crippen LogP contribution < -0.4 is 51.4 Å². The summed E-state index contributed by atoms with van der Waals surface area (Å²) in [5.74, 6) is -0.312. The number of aromatic nitrogens is 13. The van der Waals surface area contributed by atoms with Crippen molar-refractivity contribution in [3.63, 3.8) is 0 Å². The maximum Gasteiger partial charge on any atom is 0.358 e. The van der Waals surface area contributed by atoms with Crippen LogP contribution in [0.15, 0.2) is 118 Å². The number of pyridine rings is 6. The normalized spacial score (nSPS) is 10.3. The zero-order chi connectivity index (χ0) is 114. The number of halogens is 12. The van der Waals surface area contributed by atoms with Gasteiger partial charge >= 0.3 is 58.3 Å². The lowest BCUT2D eigenvalue weighted by atomic mass is 10.2. The molecule has 0 spiro atoms. The highest BCUT2D eigenvalue weighted by Crippen LogP contribution is 2.32. The van der Waals surface area contributed by atoms with Gasteiger partial charge < -0.3 is 90.0 Å². The number of carbonyl (C=O) groups excluding carboxylic acids is 6. The van der Waals surface area contributed by atoms with E-state index in [1.54, 1.807) is 44.3 Å². The highest BCUT2D eigenvalue weighted by molar-refractivity contribution is 9.11. The zero-order valence-electron chi connectivity index (χ0n) is 83.3. The van der Waals surface area contributed by atoms with E-state index in [0.29, 0.717) is 150 Å². The number of hydrogen-bond acceptors (Lipinski definition) is 45. The molecule has 0 saturated carbocycles. The smallest absolute Gasteiger partial charge is 0.358 e. The highest BCUT2D eigenvalue weighted by atomic mass is 79.9. The SMILES string of the molecule is CC(C)(C)OC(=O)CCCCOc1cnc(Br)c([N+](=O)[O-])c1.CCCCO.CCOC(=O)C(Cl)C=O.CCOC(=O)c1cnc2c(Cl)cc(Cl)nn12.CN.COc1cnc(Cl)c([N+](=O)[O-])c1.COc1ncc(OCCCCC(=O)OC(C)(C)C)cc1N.COc1ncc(OCCCCC(=O)OC(C)(C)C)cc1[N+](=O)[O-].Cl.Nc1ccc(Cl)nn1.Nc1nnc(Cl)cc1Br.O=[N+]([O-])c1cc(F)cnc1Cl.O=[N+]([O-])c1cc(O)cnc1Br. The molecule has 10 aromatic heterocycles. The largest absolute Gasteiger partial charge is 0.506 e. The minimum absolute atomic E-state index is 0. The first-order valence-corrected chi connectivity index (χ1v) is 48.0. The van der Waals surface area contributed by atoms with Crippen LogP contribution in [0.3, 0.4) is 0 Å². The van der Waals surface area contributed by atoms with E-state index in [0.717, 1.165) is 43.8 Å². The van der Waals surface area contributed by atoms with Crippen LogP contribution >= 0.6 is 141 Å². The fraction of sp³-hybridized carbons (Fsp3) is 0.425. The van der Waals surface area contributed by atoms with Gasteiger partial charge in [0, 0.05) is 31.9 Å². The maximum atomic E-state index is 12.3. The summed E-state index contributed by atoms with van der Waals surface area (Å²) in [5, 5.41) is 86.6. The van der Waals surface area contributed by atoms with Crippen molar-refractivity contribution in [2.45, 2.75) is 176 Å². The van der Waals surface area contributed by atoms with Crippen LogP contribution in [0.25, 0.3) is 5.65 Å². The Balaban J connectivity index is -0.00000162. The molecule has 0 aliphatic rings. The second-order valence-electron chi connectivity index (χ2n) is 30.5. The molecule has 10 heterocycles. The van der Waals surface area contributed by atoms with Crippen molar-refractivity contribution >= 4 is 229 Å². The molecule has 10 aromatic rings. The average molecular weight is 2470 g/mol. The third-order valence-corrected chi connectivity index (χ3v) is 18.8. The standard InChI is InChI=1S/C15H22N2O6.C15H24N2O4.C14H19BrN2O5.C9H7Cl2N3O2.C6H5ClN2O3.C5H3BrN2O3.C5H2ClFN2O2.C5H7ClO3.C4H3BrClN3.C4H4ClN3.C4H10O.CH5N.ClH/c1-15(2,3)23-13(18)7-5-6-8-22-11-9-12(17(19)20)14(21-4)16-10-11;1-15(2,3)21-13(18)7-5-6-8-20-11-9-12(16)14(19-4)17-10-11;1-14(2,3)22-12(18)6-4-5-7-21-10-8-11(17(19)20)13(15)16-9-10;1-2-16-9(15)6-4-12-8-5(10)3-7(11)13-14(6)8;1-12-4-2-5(9(10)11)6(7)8-3-4;6-5-4(8(10)11)1-3(9)2-7-5;6-5-4(9(10)11)1-3(7)2-8-5;1-2-9-5(8)4(6)3-7;5-2-1-3(6)8-9-4(2)7;5-3-1-2-4(6)8-7-3;1-2-3-4-5;1-2;/h9-10H,5-8H2,1-4H3;9-10H,5-8,16H2,1-4H3;8-9H,4-7H2,1-3H3;3-4H,2H2,1H3;2-3H,1H3;1-2,9H;1-2H;3-4H,2H2,1H3;1H,(H2,7,9);1-2H,(H2,6,8);5H,2-4H2,1H3;2H2,1H3;1H. The third-order valence-electron chi connectivity index (χ3n) is 15.3. The number of aromatic hydroxyl groups is 1. The van der Waals surface area contributed by atoms with Crippen LogP contribution in [-0.2, 0) is 47.7 Å². The van der Waals surface area contributed by atoms with Crippen LogP contribution in [0.5, 0.6) is 40.5 Å². The maximum absolute atomic E-state index is 12.3. The number of alkyl halides is 1. The molecule has 0 aromatic carbocycles. The van der Waals surface area contributed by atoms with Gasteiger partial charge in [-0.1, -0.05) is 83.0 Å². The quantitative estimate of drug-likeness (QED) is 0.00256. The molecular formula is C87H112Br3Cl8FN22O29. The number of methoxy groups -OCH3 is 3. The first-order chi connectivity index (χ1) is 69.8. The monoisotopic (exact) mass is 2460 g/mol. The summed E-state index contributed by atoms with van der Waals surface area (Å²) in [6.07, 6.45) is 16.3. The Kier molecular flexibility index (Phi) is 72.4. The number of fused-ring (bicyclic) bond motifs is 1. The second-order valence-corrected chi connectivity index (χ2v) is 35.6. The van der Waals surface area contributed by atoms with Crippen LogP contribution in [0.1, 0.15) is 164 Å². The van der Waals surface area contributed by atoms with Crippen LogP contribution in [0.2, 0.25) is 30.8 Å². The number of aliphatic hydroxyl groups is 1. The third kappa shape index (κ3) is 63.3. The van der Waals surface area contributed by atoms with E-state index < -0.39 is 70.2 Å². The van der Waals surface area contributed by atoms with Crippen molar-refractivity contribution in [2.24, 2.45) is 5.73 Å². The molecule has 0 radical (unpaired) electrons. The molecule has 0 saturated heterocycles. The first-order valence-electron chi connectivity index (χ1n) is 43.0. The van der Waals surface area contributed by atoms with Crippen molar-refractivity contribution in [2.75, 3.05) is 85.2 Å². The van der Waals surface area contributed by atoms with Crippen molar-refractivity contribution in [1.29, 1.82) is 0 Å². The lowest BCUT2D eigenvalue weighted by Gasteiger charge is -2.19. The molecule has 51 nitrogen and oxygen atoms in total. The van der Waals surface area contributed by atoms with Crippen molar-refractivity contribution in [3.05, 3.63) is 211 Å². The van der Waals surface area contributed by atoms with Crippen LogP contribution in [-0.4, -0.2) is 226 Å². The van der Waals surface area contributed by atoms with Crippen molar-refractivity contribution in [1.82, 2.24) is 64.9 Å². The van der Waals surface area contributed by atoms with E-state index in [9.17, 15) is 83.7 Å². The van der Waals surface area contributed by atoms with E-state index >= 15 is 0 Å². The fourth-order valence-corrected chi connectivity index (χ4v) is 11.4. The summed E-state index contributed by atoms with van der Waals surface area (Å²) < 4.78 is 70.2. The van der Waals surface area contributed by atoms with E-state index in [-0.39, 0.29) is 114 Å². The molecule has 1 unspecified atom stereocenters. The molecule has 10 N–H and O–H groups in total. The predicted octanol–water partition coefficient (Wildman–Crippen LogP) is 19.5. The molecule has 10 rings (SSSR count). The summed E-state index contributed by atoms with van der Waals surface area (Å²) in [4.78, 5) is 141. The minimum Gasteiger partial charge on any atom is -0.506 e. The Labute approximate surface area is 925 Å². The number of aldehydes is 1. The molecule has 150 heavy (non-hydrogen) atoms. The zero-order valence-corrected chi connectivity index (χ0v) is 94.2. The summed E-state index contributed by atoms with van der Waals surface area (Å²) in [6.45, 7) is 23.9. The molecule has 0 amide bonds. The molecule has 0 fully saturated rings. The molecule has 828 valence electrons. The number of ether oxygens (including phenoxy) is 11. The van der Waals surface area contributed by atoms with Gasteiger partial charge in [-0.25, -0.2) is 53.4 Å². The van der Waals surface area contributed by atoms with E-state index in [1.807, 2.05) is 62.3 Å². The summed E-state index contributed by atoms with van der Waals surface area (Å²) in [6, 6.07) is 13.4. The number of nitrogen functional groups attached to an aromatic ring is 3. The topological polar surface area (TPSA) is 723 Å². The molecule has 1 atom stereocenters. The van der Waals surface area contributed by atoms with Crippen LogP contribution in [0.4, 0.5) is 50.2 Å². The van der Waals surface area contributed by atoms with E-state index in [1.165, 1.54) is 81.9 Å². The molecule has 0 aliphatic heterocycles. The van der Waals surface area contributed by atoms with Crippen LogP contribution in [0, 0.1) is 56.4 Å². The van der Waals surface area contributed by atoms with Crippen molar-refractivity contribution in [3.8, 4) is 40.5 Å². The Morgan fingerprint density at radius 2 is 0.913 bits per heavy atom. The number of nitrogens with zero attached hydrogens (tertiary/aromatic N) is 18. The van der Waals surface area contributed by atoms with Gasteiger partial charge in [-0.15, -0.1) is 44.4 Å². The number of esters is 5. The van der Waals surface area contributed by atoms with Gasteiger partial charge in [-0.05, 0) is 200 Å². The van der Waals surface area contributed by atoms with Gasteiger partial charge in [0.25, 0.3) is 5.88 Å². The number of rotatable bonds is 33. The Bertz CT molecular complexity index is 5800. The number of hydrogen-bond donors (Lipinski definition) is 6. The number of carbonyl (C=O) groups is 6. The van der Waals surface area contributed by atoms with Gasteiger partial charge in [-0.3, -0.25) is 65.0 Å². The minimum atomic E-state index is -1.15. The predicted molar refractivity (Wildman–Crippen MR) is 567 cm³/mol. The Morgan fingerprint density at radius 1 is 0.493 bits per heavy atom. The van der Waals surface area contributed by atoms with Gasteiger partial charge in [0.2, 0.25) is 16.2 Å².